The zero-order valence-electron chi connectivity index (χ0n) is 5.13. The van der Waals surface area contributed by atoms with Crippen LogP contribution in [0.15, 0.2) is 16.8 Å². The summed E-state index contributed by atoms with van der Waals surface area (Å²) in [5.74, 6) is 0. The van der Waals surface area contributed by atoms with Gasteiger partial charge in [0.05, 0.1) is 6.04 Å². The van der Waals surface area contributed by atoms with E-state index in [0.717, 1.165) is 0 Å². The Hall–Kier alpha value is -0.480. The predicted octanol–water partition coefficient (Wildman–Crippen LogP) is 2.01. The molecule has 0 spiro atoms. The standard InChI is InChI=1S/C6H7F2NS/c7-6(8)5(9)4-1-2-10-3-4/h1-3,5-6H,9H2/t5-/m0/s1. The lowest BCUT2D eigenvalue weighted by atomic mass is 10.2. The highest BCUT2D eigenvalue weighted by Gasteiger charge is 2.16. The number of thiophene rings is 1. The van der Waals surface area contributed by atoms with Crippen LogP contribution >= 0.6 is 11.3 Å². The van der Waals surface area contributed by atoms with E-state index < -0.39 is 12.5 Å². The molecule has 2 N–H and O–H groups in total. The Morgan fingerprint density at radius 3 is 2.60 bits per heavy atom. The Kier molecular flexibility index (Phi) is 2.34. The minimum atomic E-state index is -2.46. The average molecular weight is 163 g/mol. The molecule has 1 rings (SSSR count). The maximum absolute atomic E-state index is 11.9. The fraction of sp³-hybridized carbons (Fsp3) is 0.333. The van der Waals surface area contributed by atoms with Gasteiger partial charge in [0, 0.05) is 0 Å². The van der Waals surface area contributed by atoms with Crippen LogP contribution in [0.5, 0.6) is 0 Å². The molecule has 10 heavy (non-hydrogen) atoms. The molecule has 0 amide bonds. The summed E-state index contributed by atoms with van der Waals surface area (Å²) in [6, 6.07) is 0.493. The van der Waals surface area contributed by atoms with Gasteiger partial charge in [-0.3, -0.25) is 0 Å². The van der Waals surface area contributed by atoms with E-state index >= 15 is 0 Å². The van der Waals surface area contributed by atoms with Crippen molar-refractivity contribution >= 4 is 11.3 Å². The van der Waals surface area contributed by atoms with Crippen molar-refractivity contribution in [1.29, 1.82) is 0 Å². The minimum Gasteiger partial charge on any atom is -0.319 e. The first kappa shape index (κ1) is 7.63. The van der Waals surface area contributed by atoms with Crippen LogP contribution in [0.3, 0.4) is 0 Å². The van der Waals surface area contributed by atoms with Crippen LogP contribution in [0.1, 0.15) is 11.6 Å². The molecular weight excluding hydrogens is 156 g/mol. The quantitative estimate of drug-likeness (QED) is 0.709. The van der Waals surface area contributed by atoms with Crippen LogP contribution in [-0.4, -0.2) is 6.43 Å². The van der Waals surface area contributed by atoms with E-state index in [4.69, 9.17) is 5.73 Å². The highest BCUT2D eigenvalue weighted by atomic mass is 32.1. The third-order valence-electron chi connectivity index (χ3n) is 1.20. The van der Waals surface area contributed by atoms with Gasteiger partial charge in [0.15, 0.2) is 0 Å². The smallest absolute Gasteiger partial charge is 0.257 e. The first-order chi connectivity index (χ1) is 4.72. The Balaban J connectivity index is 2.68. The Morgan fingerprint density at radius 2 is 2.20 bits per heavy atom. The minimum absolute atomic E-state index is 0.514. The number of nitrogens with two attached hydrogens (primary N) is 1. The van der Waals surface area contributed by atoms with Crippen LogP contribution < -0.4 is 5.73 Å². The van der Waals surface area contributed by atoms with Gasteiger partial charge < -0.3 is 5.73 Å². The molecular formula is C6H7F2NS. The molecule has 1 aromatic rings. The van der Waals surface area contributed by atoms with Gasteiger partial charge in [0.25, 0.3) is 6.43 Å². The summed E-state index contributed by atoms with van der Waals surface area (Å²) in [5, 5.41) is 3.37. The summed E-state index contributed by atoms with van der Waals surface area (Å²) in [6.07, 6.45) is -2.46. The predicted molar refractivity (Wildman–Crippen MR) is 37.3 cm³/mol. The van der Waals surface area contributed by atoms with Gasteiger partial charge in [-0.25, -0.2) is 8.78 Å². The van der Waals surface area contributed by atoms with Crippen molar-refractivity contribution in [2.24, 2.45) is 5.73 Å². The van der Waals surface area contributed by atoms with E-state index in [-0.39, 0.29) is 0 Å². The normalized spacial score (nSPS) is 14.0. The summed E-state index contributed by atoms with van der Waals surface area (Å²) in [5.41, 5.74) is 5.65. The van der Waals surface area contributed by atoms with Crippen molar-refractivity contribution in [2.75, 3.05) is 0 Å². The van der Waals surface area contributed by atoms with Gasteiger partial charge in [-0.15, -0.1) is 0 Å². The summed E-state index contributed by atoms with van der Waals surface area (Å²) in [7, 11) is 0. The van der Waals surface area contributed by atoms with Crippen LogP contribution in [0.2, 0.25) is 0 Å². The molecule has 56 valence electrons. The molecule has 0 aliphatic rings. The first-order valence-corrected chi connectivity index (χ1v) is 3.72. The highest BCUT2D eigenvalue weighted by molar-refractivity contribution is 7.07. The van der Waals surface area contributed by atoms with E-state index in [1.807, 2.05) is 0 Å². The monoisotopic (exact) mass is 163 g/mol. The van der Waals surface area contributed by atoms with E-state index in [9.17, 15) is 8.78 Å². The molecule has 1 atom stereocenters. The molecule has 4 heteroatoms. The Morgan fingerprint density at radius 1 is 1.50 bits per heavy atom. The maximum atomic E-state index is 11.9. The molecule has 0 aliphatic heterocycles. The summed E-state index contributed by atoms with van der Waals surface area (Å²) in [6.45, 7) is 0. The topological polar surface area (TPSA) is 26.0 Å². The molecule has 0 bridgehead atoms. The van der Waals surface area contributed by atoms with E-state index in [1.165, 1.54) is 11.3 Å². The van der Waals surface area contributed by atoms with Gasteiger partial charge in [0.1, 0.15) is 0 Å². The van der Waals surface area contributed by atoms with Crippen molar-refractivity contribution in [3.05, 3.63) is 22.4 Å². The molecule has 0 fully saturated rings. The van der Waals surface area contributed by atoms with Crippen molar-refractivity contribution < 1.29 is 8.78 Å². The fourth-order valence-corrected chi connectivity index (χ4v) is 1.32. The third-order valence-corrected chi connectivity index (χ3v) is 1.90. The second-order valence-corrected chi connectivity index (χ2v) is 2.70. The lowest BCUT2D eigenvalue weighted by Crippen LogP contribution is -2.17. The van der Waals surface area contributed by atoms with Crippen LogP contribution in [-0.2, 0) is 0 Å². The number of hydrogen-bond acceptors (Lipinski definition) is 2. The van der Waals surface area contributed by atoms with Gasteiger partial charge in [-0.1, -0.05) is 0 Å². The number of alkyl halides is 2. The molecule has 0 saturated carbocycles. The van der Waals surface area contributed by atoms with Crippen LogP contribution in [0.4, 0.5) is 8.78 Å². The first-order valence-electron chi connectivity index (χ1n) is 2.77. The fourth-order valence-electron chi connectivity index (χ4n) is 0.610. The van der Waals surface area contributed by atoms with Crippen molar-refractivity contribution in [3.63, 3.8) is 0 Å². The zero-order valence-corrected chi connectivity index (χ0v) is 5.94. The molecule has 1 nitrogen and oxygen atoms in total. The van der Waals surface area contributed by atoms with Crippen molar-refractivity contribution in [1.82, 2.24) is 0 Å². The number of halogens is 2. The second-order valence-electron chi connectivity index (χ2n) is 1.92. The number of hydrogen-bond donors (Lipinski definition) is 1. The van der Waals surface area contributed by atoms with Crippen molar-refractivity contribution in [2.45, 2.75) is 12.5 Å². The number of rotatable bonds is 2. The van der Waals surface area contributed by atoms with Gasteiger partial charge >= 0.3 is 0 Å². The van der Waals surface area contributed by atoms with Gasteiger partial charge in [-0.05, 0) is 22.4 Å². The molecule has 1 heterocycles. The van der Waals surface area contributed by atoms with E-state index in [2.05, 4.69) is 0 Å². The Bertz CT molecular complexity index is 186. The molecule has 0 saturated heterocycles. The molecule has 0 unspecified atom stereocenters. The third kappa shape index (κ3) is 1.52. The SMILES string of the molecule is N[C@@H](c1ccsc1)C(F)F. The molecule has 0 aromatic carbocycles. The lowest BCUT2D eigenvalue weighted by Gasteiger charge is -2.06. The van der Waals surface area contributed by atoms with E-state index in [0.29, 0.717) is 5.56 Å². The van der Waals surface area contributed by atoms with Gasteiger partial charge in [0.2, 0.25) is 0 Å². The average Bonchev–Trinajstić information content (AvgIpc) is 2.36. The highest BCUT2D eigenvalue weighted by Crippen LogP contribution is 2.19. The summed E-state index contributed by atoms with van der Waals surface area (Å²) < 4.78 is 23.7. The molecule has 0 aliphatic carbocycles. The van der Waals surface area contributed by atoms with Gasteiger partial charge in [-0.2, -0.15) is 11.3 Å². The van der Waals surface area contributed by atoms with E-state index in [1.54, 1.807) is 16.8 Å². The lowest BCUT2D eigenvalue weighted by molar-refractivity contribution is 0.116. The van der Waals surface area contributed by atoms with Crippen LogP contribution in [0, 0.1) is 0 Å². The van der Waals surface area contributed by atoms with Crippen molar-refractivity contribution in [3.8, 4) is 0 Å². The second kappa shape index (κ2) is 3.07. The Labute approximate surface area is 61.5 Å². The molecule has 1 aromatic heterocycles. The summed E-state index contributed by atoms with van der Waals surface area (Å²) in [4.78, 5) is 0. The largest absolute Gasteiger partial charge is 0.319 e. The zero-order chi connectivity index (χ0) is 7.56. The maximum Gasteiger partial charge on any atom is 0.257 e. The van der Waals surface area contributed by atoms with Crippen LogP contribution in [0.25, 0.3) is 0 Å². The summed E-state index contributed by atoms with van der Waals surface area (Å²) >= 11 is 1.37. The molecule has 0 radical (unpaired) electrons.